The number of quaternary nitrogens is 1. The summed E-state index contributed by atoms with van der Waals surface area (Å²) in [6.45, 7) is 3.98. The van der Waals surface area contributed by atoms with Crippen LogP contribution in [0.4, 0.5) is 0 Å². The molecule has 3 aromatic rings. The van der Waals surface area contributed by atoms with Gasteiger partial charge in [0.1, 0.15) is 12.3 Å². The summed E-state index contributed by atoms with van der Waals surface area (Å²) in [7, 11) is 1.56. The van der Waals surface area contributed by atoms with Gasteiger partial charge in [0.05, 0.1) is 38.9 Å². The third-order valence-corrected chi connectivity index (χ3v) is 8.66. The number of amides is 1. The molecule has 2 bridgehead atoms. The van der Waals surface area contributed by atoms with E-state index in [1.54, 1.807) is 36.8 Å². The van der Waals surface area contributed by atoms with Crippen LogP contribution < -0.4 is 10.1 Å². The van der Waals surface area contributed by atoms with Crippen LogP contribution in [0.15, 0.2) is 71.4 Å². The molecule has 1 aromatic heterocycles. The maximum atomic E-state index is 13.7. The zero-order valence-electron chi connectivity index (χ0n) is 21.0. The maximum absolute atomic E-state index is 13.7. The molecule has 2 N–H and O–H groups in total. The molecule has 37 heavy (non-hydrogen) atoms. The van der Waals surface area contributed by atoms with E-state index in [0.29, 0.717) is 35.5 Å². The summed E-state index contributed by atoms with van der Waals surface area (Å²) < 4.78 is 12.2. The number of methoxy groups -OCH3 is 1. The van der Waals surface area contributed by atoms with E-state index < -0.39 is 11.6 Å². The first-order valence-electron chi connectivity index (χ1n) is 12.7. The summed E-state index contributed by atoms with van der Waals surface area (Å²) in [6, 6.07) is 18.0. The zero-order chi connectivity index (χ0) is 25.9. The Labute approximate surface area is 221 Å². The second-order valence-corrected chi connectivity index (χ2v) is 10.8. The monoisotopic (exact) mass is 521 g/mol. The van der Waals surface area contributed by atoms with Crippen LogP contribution in [0.25, 0.3) is 0 Å². The van der Waals surface area contributed by atoms with Gasteiger partial charge in [-0.1, -0.05) is 60.7 Å². The Morgan fingerprint density at radius 3 is 2.24 bits per heavy atom. The molecule has 1 amide bonds. The predicted octanol–water partition coefficient (Wildman–Crippen LogP) is 3.57. The van der Waals surface area contributed by atoms with Crippen LogP contribution in [0.2, 0.25) is 0 Å². The van der Waals surface area contributed by atoms with Crippen molar-refractivity contribution in [2.75, 3.05) is 39.8 Å². The third-order valence-electron chi connectivity index (χ3n) is 7.94. The van der Waals surface area contributed by atoms with Gasteiger partial charge in [-0.05, 0) is 11.1 Å². The molecule has 7 nitrogen and oxygen atoms in total. The number of hydrogen-bond donors (Lipinski definition) is 2. The number of aliphatic hydroxyl groups is 1. The molecule has 3 aliphatic rings. The molecular formula is C29H33N2O5S+. The van der Waals surface area contributed by atoms with Crippen molar-refractivity contribution in [2.24, 2.45) is 5.92 Å². The first kappa shape index (κ1) is 25.4. The van der Waals surface area contributed by atoms with Crippen LogP contribution in [0.5, 0.6) is 5.75 Å². The number of nitrogens with one attached hydrogen (secondary N) is 1. The molecule has 4 heterocycles. The highest BCUT2D eigenvalue weighted by Gasteiger charge is 2.50. The number of piperidine rings is 3. The van der Waals surface area contributed by atoms with Gasteiger partial charge in [-0.2, -0.15) is 0 Å². The van der Waals surface area contributed by atoms with Crippen LogP contribution in [-0.2, 0) is 15.1 Å². The van der Waals surface area contributed by atoms with Crippen molar-refractivity contribution in [3.8, 4) is 5.75 Å². The second kappa shape index (κ2) is 10.7. The van der Waals surface area contributed by atoms with Crippen molar-refractivity contribution in [1.82, 2.24) is 5.32 Å². The second-order valence-electron chi connectivity index (χ2n) is 10.0. The van der Waals surface area contributed by atoms with Gasteiger partial charge >= 0.3 is 5.97 Å². The summed E-state index contributed by atoms with van der Waals surface area (Å²) >= 11 is 1.44. The number of carbonyl (C=O) groups is 2. The maximum Gasteiger partial charge on any atom is 0.348 e. The topological polar surface area (TPSA) is 84.9 Å². The van der Waals surface area contributed by atoms with Crippen molar-refractivity contribution in [3.05, 3.63) is 88.1 Å². The van der Waals surface area contributed by atoms with E-state index in [9.17, 15) is 14.7 Å². The standard InChI is InChI=1S/C29H32N2O5S/c1-35-26-20-37-19-24(26)27(32)30-14-17-31-15-12-21(13-16-31)25(18-31)36-28(33)29(34,22-8-4-2-5-9-22)23-10-6-3-7-11-23/h2-11,19-21,25,34H,12-18H2,1H3/p+1/t21?,25-,31?/m0/s1. The van der Waals surface area contributed by atoms with E-state index in [-0.39, 0.29) is 17.9 Å². The lowest BCUT2D eigenvalue weighted by Crippen LogP contribution is -2.66. The molecule has 0 unspecified atom stereocenters. The van der Waals surface area contributed by atoms with Crippen LogP contribution in [-0.4, -0.2) is 67.4 Å². The SMILES string of the molecule is COc1cscc1C(=O)NCC[N+]12CCC(CC1)[C@@H](OC(=O)C(O)(c1ccccc1)c1ccccc1)C2. The van der Waals surface area contributed by atoms with Crippen molar-refractivity contribution in [1.29, 1.82) is 0 Å². The van der Waals surface area contributed by atoms with Gasteiger partial charge in [0.25, 0.3) is 5.91 Å². The number of benzene rings is 2. The molecule has 2 aromatic carbocycles. The smallest absolute Gasteiger partial charge is 0.348 e. The summed E-state index contributed by atoms with van der Waals surface area (Å²) in [6.07, 6.45) is 1.64. The van der Waals surface area contributed by atoms with Crippen molar-refractivity contribution < 1.29 is 28.7 Å². The molecule has 0 radical (unpaired) electrons. The molecule has 194 valence electrons. The van der Waals surface area contributed by atoms with E-state index in [2.05, 4.69) is 5.32 Å². The fraction of sp³-hybridized carbons (Fsp3) is 0.379. The Bertz CT molecular complexity index is 1180. The van der Waals surface area contributed by atoms with E-state index in [1.165, 1.54) is 11.3 Å². The lowest BCUT2D eigenvalue weighted by Gasteiger charge is -2.52. The minimum Gasteiger partial charge on any atom is -0.495 e. The number of thiophene rings is 1. The third kappa shape index (κ3) is 5.01. The van der Waals surface area contributed by atoms with Gasteiger partial charge in [0.2, 0.25) is 5.60 Å². The molecule has 0 spiro atoms. The largest absolute Gasteiger partial charge is 0.495 e. The summed E-state index contributed by atoms with van der Waals surface area (Å²) in [4.78, 5) is 26.3. The number of carbonyl (C=O) groups excluding carboxylic acids is 2. The van der Waals surface area contributed by atoms with Crippen molar-refractivity contribution >= 4 is 23.2 Å². The van der Waals surface area contributed by atoms with Crippen LogP contribution in [0.3, 0.4) is 0 Å². The van der Waals surface area contributed by atoms with E-state index in [0.717, 1.165) is 37.0 Å². The molecule has 3 fully saturated rings. The molecule has 6 rings (SSSR count). The zero-order valence-corrected chi connectivity index (χ0v) is 21.8. The van der Waals surface area contributed by atoms with Crippen LogP contribution in [0, 0.1) is 5.92 Å². The average Bonchev–Trinajstić information content (AvgIpc) is 3.43. The quantitative estimate of drug-likeness (QED) is 0.332. The Hall–Kier alpha value is -3.20. The van der Waals surface area contributed by atoms with Gasteiger partial charge in [0, 0.05) is 29.5 Å². The van der Waals surface area contributed by atoms with Gasteiger partial charge in [-0.15, -0.1) is 11.3 Å². The highest BCUT2D eigenvalue weighted by molar-refractivity contribution is 7.08. The minimum atomic E-state index is -1.88. The van der Waals surface area contributed by atoms with Gasteiger partial charge in [-0.3, -0.25) is 4.79 Å². The van der Waals surface area contributed by atoms with Gasteiger partial charge in [0.15, 0.2) is 6.10 Å². The fourth-order valence-corrected chi connectivity index (χ4v) is 6.54. The molecule has 1 atom stereocenters. The van der Waals surface area contributed by atoms with E-state index in [4.69, 9.17) is 9.47 Å². The molecule has 0 aliphatic carbocycles. The number of rotatable bonds is 9. The highest BCUT2D eigenvalue weighted by Crippen LogP contribution is 2.38. The molecule has 3 saturated heterocycles. The first-order chi connectivity index (χ1) is 17.9. The number of hydrogen-bond acceptors (Lipinski definition) is 6. The van der Waals surface area contributed by atoms with E-state index >= 15 is 0 Å². The first-order valence-corrected chi connectivity index (χ1v) is 13.7. The molecule has 3 aliphatic heterocycles. The van der Waals surface area contributed by atoms with Crippen molar-refractivity contribution in [2.45, 2.75) is 24.5 Å². The predicted molar refractivity (Wildman–Crippen MR) is 141 cm³/mol. The summed E-state index contributed by atoms with van der Waals surface area (Å²) in [5.41, 5.74) is -0.351. The normalized spacial score (nSPS) is 22.9. The van der Waals surface area contributed by atoms with Gasteiger partial charge in [-0.25, -0.2) is 4.79 Å². The number of nitrogens with zero attached hydrogens (tertiary/aromatic N) is 1. The van der Waals surface area contributed by atoms with E-state index in [1.807, 2.05) is 41.8 Å². The number of ether oxygens (including phenoxy) is 2. The highest BCUT2D eigenvalue weighted by atomic mass is 32.1. The molecule has 8 heteroatoms. The average molecular weight is 522 g/mol. The summed E-state index contributed by atoms with van der Waals surface area (Å²) in [5.74, 6) is 0.0932. The Morgan fingerprint density at radius 1 is 1.03 bits per heavy atom. The lowest BCUT2D eigenvalue weighted by atomic mass is 9.82. The summed E-state index contributed by atoms with van der Waals surface area (Å²) in [5, 5.41) is 18.4. The number of esters is 1. The molecule has 0 saturated carbocycles. The molecular weight excluding hydrogens is 488 g/mol. The van der Waals surface area contributed by atoms with Gasteiger partial charge < -0.3 is 24.4 Å². The Kier molecular flexibility index (Phi) is 7.33. The minimum absolute atomic E-state index is 0.137. The Balaban J connectivity index is 1.27. The fourth-order valence-electron chi connectivity index (χ4n) is 5.76. The number of fused-ring (bicyclic) bond motifs is 3. The van der Waals surface area contributed by atoms with Crippen molar-refractivity contribution in [3.63, 3.8) is 0 Å². The lowest BCUT2D eigenvalue weighted by molar-refractivity contribution is -0.945. The Morgan fingerprint density at radius 2 is 1.65 bits per heavy atom. The van der Waals surface area contributed by atoms with Crippen LogP contribution >= 0.6 is 11.3 Å². The van der Waals surface area contributed by atoms with Crippen LogP contribution in [0.1, 0.15) is 34.3 Å².